The van der Waals surface area contributed by atoms with E-state index in [9.17, 15) is 4.79 Å². The molecule has 0 aliphatic carbocycles. The lowest BCUT2D eigenvalue weighted by Crippen LogP contribution is -2.13. The quantitative estimate of drug-likeness (QED) is 0.900. The number of nitriles is 1. The van der Waals surface area contributed by atoms with Crippen molar-refractivity contribution in [3.05, 3.63) is 58.9 Å². The van der Waals surface area contributed by atoms with Crippen molar-refractivity contribution in [2.75, 3.05) is 5.32 Å². The maximum absolute atomic E-state index is 11.9. The number of rotatable bonds is 2. The van der Waals surface area contributed by atoms with Crippen molar-refractivity contribution in [2.45, 2.75) is 0 Å². The van der Waals surface area contributed by atoms with Crippen LogP contribution in [-0.2, 0) is 0 Å². The van der Waals surface area contributed by atoms with Gasteiger partial charge < -0.3 is 5.32 Å². The SMILES string of the molecule is N#Cc1ccnc(C(=O)Nc2ccc(Cl)cc2)c1. The summed E-state index contributed by atoms with van der Waals surface area (Å²) in [5.41, 5.74) is 1.21. The molecule has 0 bridgehead atoms. The number of pyridine rings is 1. The summed E-state index contributed by atoms with van der Waals surface area (Å²) in [5.74, 6) is -0.366. The zero-order valence-corrected chi connectivity index (χ0v) is 9.98. The van der Waals surface area contributed by atoms with Gasteiger partial charge in [-0.25, -0.2) is 0 Å². The van der Waals surface area contributed by atoms with Gasteiger partial charge in [0.05, 0.1) is 11.6 Å². The predicted octanol–water partition coefficient (Wildman–Crippen LogP) is 2.86. The van der Waals surface area contributed by atoms with Crippen molar-refractivity contribution in [1.29, 1.82) is 5.26 Å². The summed E-state index contributed by atoms with van der Waals surface area (Å²) in [6, 6.07) is 11.7. The normalized spacial score (nSPS) is 9.56. The standard InChI is InChI=1S/C13H8ClN3O/c14-10-1-3-11(4-2-10)17-13(18)12-7-9(8-15)5-6-16-12/h1-7H,(H,17,18). The topological polar surface area (TPSA) is 65.8 Å². The van der Waals surface area contributed by atoms with E-state index in [4.69, 9.17) is 16.9 Å². The van der Waals surface area contributed by atoms with Gasteiger partial charge in [0, 0.05) is 16.9 Å². The third kappa shape index (κ3) is 2.84. The van der Waals surface area contributed by atoms with Crippen LogP contribution in [0.3, 0.4) is 0 Å². The number of nitrogens with zero attached hydrogens (tertiary/aromatic N) is 2. The number of hydrogen-bond donors (Lipinski definition) is 1. The summed E-state index contributed by atoms with van der Waals surface area (Å²) in [7, 11) is 0. The van der Waals surface area contributed by atoms with Gasteiger partial charge in [-0.15, -0.1) is 0 Å². The van der Waals surface area contributed by atoms with Crippen molar-refractivity contribution in [3.63, 3.8) is 0 Å². The van der Waals surface area contributed by atoms with Crippen LogP contribution >= 0.6 is 11.6 Å². The first-order valence-electron chi connectivity index (χ1n) is 5.12. The average molecular weight is 258 g/mol. The van der Waals surface area contributed by atoms with Gasteiger partial charge in [-0.2, -0.15) is 5.26 Å². The van der Waals surface area contributed by atoms with Crippen LogP contribution in [0.2, 0.25) is 5.02 Å². The zero-order chi connectivity index (χ0) is 13.0. The monoisotopic (exact) mass is 257 g/mol. The summed E-state index contributed by atoms with van der Waals surface area (Å²) >= 11 is 5.74. The van der Waals surface area contributed by atoms with Gasteiger partial charge in [-0.3, -0.25) is 9.78 Å². The molecule has 0 aliphatic rings. The fourth-order valence-electron chi connectivity index (χ4n) is 1.35. The number of carbonyl (C=O) groups excluding carboxylic acids is 1. The molecule has 0 fully saturated rings. The van der Waals surface area contributed by atoms with Crippen LogP contribution in [0.15, 0.2) is 42.6 Å². The molecule has 0 saturated heterocycles. The molecule has 0 aliphatic heterocycles. The number of anilines is 1. The largest absolute Gasteiger partial charge is 0.321 e. The molecule has 1 aromatic heterocycles. The molecule has 1 heterocycles. The highest BCUT2D eigenvalue weighted by molar-refractivity contribution is 6.30. The summed E-state index contributed by atoms with van der Waals surface area (Å²) in [6.07, 6.45) is 1.43. The molecule has 18 heavy (non-hydrogen) atoms. The summed E-state index contributed by atoms with van der Waals surface area (Å²) in [4.78, 5) is 15.8. The molecule has 0 spiro atoms. The Bertz CT molecular complexity index is 617. The highest BCUT2D eigenvalue weighted by Gasteiger charge is 2.08. The van der Waals surface area contributed by atoms with Crippen LogP contribution in [0.1, 0.15) is 16.1 Å². The smallest absolute Gasteiger partial charge is 0.274 e. The molecule has 2 rings (SSSR count). The van der Waals surface area contributed by atoms with E-state index in [-0.39, 0.29) is 11.6 Å². The zero-order valence-electron chi connectivity index (χ0n) is 9.22. The van der Waals surface area contributed by atoms with E-state index in [0.29, 0.717) is 16.3 Å². The molecular weight excluding hydrogens is 250 g/mol. The Morgan fingerprint density at radius 3 is 2.67 bits per heavy atom. The van der Waals surface area contributed by atoms with E-state index in [0.717, 1.165) is 0 Å². The molecule has 1 amide bonds. The minimum absolute atomic E-state index is 0.198. The first-order valence-corrected chi connectivity index (χ1v) is 5.50. The van der Waals surface area contributed by atoms with Gasteiger partial charge in [-0.1, -0.05) is 11.6 Å². The van der Waals surface area contributed by atoms with Crippen LogP contribution in [0.4, 0.5) is 5.69 Å². The van der Waals surface area contributed by atoms with Crippen LogP contribution in [0.5, 0.6) is 0 Å². The second kappa shape index (κ2) is 5.30. The average Bonchev–Trinajstić information content (AvgIpc) is 2.41. The number of nitrogens with one attached hydrogen (secondary N) is 1. The number of amides is 1. The highest BCUT2D eigenvalue weighted by atomic mass is 35.5. The van der Waals surface area contributed by atoms with Gasteiger partial charge in [0.1, 0.15) is 5.69 Å². The number of aromatic nitrogens is 1. The predicted molar refractivity (Wildman–Crippen MR) is 68.4 cm³/mol. The molecule has 5 heteroatoms. The van der Waals surface area contributed by atoms with Crippen LogP contribution < -0.4 is 5.32 Å². The van der Waals surface area contributed by atoms with Crippen molar-refractivity contribution in [1.82, 2.24) is 4.98 Å². The Hall–Kier alpha value is -2.38. The molecule has 4 nitrogen and oxygen atoms in total. The highest BCUT2D eigenvalue weighted by Crippen LogP contribution is 2.14. The summed E-state index contributed by atoms with van der Waals surface area (Å²) in [6.45, 7) is 0. The van der Waals surface area contributed by atoms with E-state index in [1.807, 2.05) is 6.07 Å². The third-order valence-electron chi connectivity index (χ3n) is 2.22. The Labute approximate surface area is 109 Å². The number of hydrogen-bond acceptors (Lipinski definition) is 3. The van der Waals surface area contributed by atoms with E-state index in [2.05, 4.69) is 10.3 Å². The molecule has 1 N–H and O–H groups in total. The molecular formula is C13H8ClN3O. The van der Waals surface area contributed by atoms with E-state index in [1.54, 1.807) is 30.3 Å². The van der Waals surface area contributed by atoms with Gasteiger partial charge in [0.15, 0.2) is 0 Å². The van der Waals surface area contributed by atoms with Gasteiger partial charge in [-0.05, 0) is 36.4 Å². The number of benzene rings is 1. The molecule has 0 atom stereocenters. The van der Waals surface area contributed by atoms with Crippen molar-refractivity contribution in [3.8, 4) is 6.07 Å². The van der Waals surface area contributed by atoms with Gasteiger partial charge >= 0.3 is 0 Å². The maximum atomic E-state index is 11.9. The first kappa shape index (κ1) is 12.1. The van der Waals surface area contributed by atoms with Crippen LogP contribution in [0.25, 0.3) is 0 Å². The Kier molecular flexibility index (Phi) is 3.56. The Morgan fingerprint density at radius 2 is 2.00 bits per heavy atom. The molecule has 88 valence electrons. The third-order valence-corrected chi connectivity index (χ3v) is 2.48. The molecule has 0 saturated carbocycles. The van der Waals surface area contributed by atoms with E-state index < -0.39 is 0 Å². The van der Waals surface area contributed by atoms with E-state index in [1.165, 1.54) is 12.3 Å². The summed E-state index contributed by atoms with van der Waals surface area (Å²) in [5, 5.41) is 12.0. The maximum Gasteiger partial charge on any atom is 0.274 e. The van der Waals surface area contributed by atoms with E-state index >= 15 is 0 Å². The second-order valence-electron chi connectivity index (χ2n) is 3.50. The lowest BCUT2D eigenvalue weighted by molar-refractivity contribution is 0.102. The Balaban J connectivity index is 2.17. The lowest BCUT2D eigenvalue weighted by Gasteiger charge is -2.04. The van der Waals surface area contributed by atoms with Gasteiger partial charge in [0.25, 0.3) is 5.91 Å². The number of carbonyl (C=O) groups is 1. The molecule has 1 aromatic carbocycles. The fourth-order valence-corrected chi connectivity index (χ4v) is 1.48. The lowest BCUT2D eigenvalue weighted by atomic mass is 10.2. The summed E-state index contributed by atoms with van der Waals surface area (Å²) < 4.78 is 0. The minimum Gasteiger partial charge on any atom is -0.321 e. The second-order valence-corrected chi connectivity index (χ2v) is 3.94. The first-order chi connectivity index (χ1) is 8.69. The van der Waals surface area contributed by atoms with Crippen LogP contribution in [-0.4, -0.2) is 10.9 Å². The molecule has 2 aromatic rings. The van der Waals surface area contributed by atoms with Crippen molar-refractivity contribution < 1.29 is 4.79 Å². The fraction of sp³-hybridized carbons (Fsp3) is 0. The Morgan fingerprint density at radius 1 is 1.28 bits per heavy atom. The van der Waals surface area contributed by atoms with Gasteiger partial charge in [0.2, 0.25) is 0 Å². The number of halogens is 1. The van der Waals surface area contributed by atoms with Crippen molar-refractivity contribution >= 4 is 23.2 Å². The van der Waals surface area contributed by atoms with Crippen molar-refractivity contribution in [2.24, 2.45) is 0 Å². The van der Waals surface area contributed by atoms with Crippen LogP contribution in [0, 0.1) is 11.3 Å². The molecule has 0 unspecified atom stereocenters. The minimum atomic E-state index is -0.366. The molecule has 0 radical (unpaired) electrons.